The van der Waals surface area contributed by atoms with E-state index in [2.05, 4.69) is 5.32 Å². The summed E-state index contributed by atoms with van der Waals surface area (Å²) in [6, 6.07) is -0.904. The third-order valence-corrected chi connectivity index (χ3v) is 2.08. The zero-order valence-electron chi connectivity index (χ0n) is 10.0. The number of aliphatic carboxylic acids is 1. The zero-order chi connectivity index (χ0) is 13.6. The fourth-order valence-electron chi connectivity index (χ4n) is 1.32. The number of amides is 2. The third kappa shape index (κ3) is 7.29. The molecule has 0 bridgehead atoms. The van der Waals surface area contributed by atoms with Crippen molar-refractivity contribution in [1.82, 2.24) is 5.32 Å². The smallest absolute Gasteiger partial charge is 0.303 e. The normalized spacial score (nSPS) is 12.9. The van der Waals surface area contributed by atoms with Crippen molar-refractivity contribution in [2.24, 2.45) is 11.5 Å². The Balaban J connectivity index is 4.23. The number of primary amides is 1. The first-order valence-electron chi connectivity index (χ1n) is 5.22. The van der Waals surface area contributed by atoms with E-state index in [-0.39, 0.29) is 19.3 Å². The largest absolute Gasteiger partial charge is 0.481 e. The van der Waals surface area contributed by atoms with Crippen LogP contribution in [-0.4, -0.2) is 34.5 Å². The molecule has 0 aliphatic rings. The van der Waals surface area contributed by atoms with E-state index in [0.717, 1.165) is 0 Å². The molecule has 1 unspecified atom stereocenters. The van der Waals surface area contributed by atoms with Crippen LogP contribution >= 0.6 is 0 Å². The molecule has 0 heterocycles. The van der Waals surface area contributed by atoms with Crippen LogP contribution in [0.15, 0.2) is 0 Å². The van der Waals surface area contributed by atoms with Crippen LogP contribution in [0.3, 0.4) is 0 Å². The van der Waals surface area contributed by atoms with Gasteiger partial charge in [-0.1, -0.05) is 0 Å². The van der Waals surface area contributed by atoms with Crippen molar-refractivity contribution in [3.05, 3.63) is 0 Å². The summed E-state index contributed by atoms with van der Waals surface area (Å²) in [5.41, 5.74) is 9.75. The zero-order valence-corrected chi connectivity index (χ0v) is 10.0. The number of carboxylic acid groups (broad SMARTS) is 1. The molecule has 17 heavy (non-hydrogen) atoms. The Labute approximate surface area is 99.5 Å². The maximum atomic E-state index is 11.6. The molecule has 0 rings (SSSR count). The fourth-order valence-corrected chi connectivity index (χ4v) is 1.32. The van der Waals surface area contributed by atoms with Crippen LogP contribution in [0.5, 0.6) is 0 Å². The lowest BCUT2D eigenvalue weighted by Gasteiger charge is -2.26. The van der Waals surface area contributed by atoms with E-state index in [1.807, 2.05) is 0 Å². The van der Waals surface area contributed by atoms with E-state index < -0.39 is 29.4 Å². The van der Waals surface area contributed by atoms with Crippen LogP contribution in [-0.2, 0) is 14.4 Å². The number of nitrogens with one attached hydrogen (secondary N) is 1. The first-order valence-corrected chi connectivity index (χ1v) is 5.22. The third-order valence-electron chi connectivity index (χ3n) is 2.08. The topological polar surface area (TPSA) is 136 Å². The second-order valence-electron chi connectivity index (χ2n) is 4.56. The van der Waals surface area contributed by atoms with Gasteiger partial charge in [-0.25, -0.2) is 0 Å². The molecule has 2 amide bonds. The highest BCUT2D eigenvalue weighted by molar-refractivity contribution is 5.84. The molecule has 1 atom stereocenters. The Bertz CT molecular complexity index is 315. The van der Waals surface area contributed by atoms with E-state index in [0.29, 0.717) is 0 Å². The molecule has 0 aromatic carbocycles. The number of nitrogens with two attached hydrogens (primary N) is 2. The Morgan fingerprint density at radius 2 is 1.88 bits per heavy atom. The Hall–Kier alpha value is -1.63. The van der Waals surface area contributed by atoms with Crippen molar-refractivity contribution >= 4 is 17.8 Å². The van der Waals surface area contributed by atoms with E-state index >= 15 is 0 Å². The van der Waals surface area contributed by atoms with Crippen molar-refractivity contribution in [2.45, 2.75) is 44.7 Å². The molecule has 0 radical (unpaired) electrons. The first kappa shape index (κ1) is 15.4. The Morgan fingerprint density at radius 3 is 2.29 bits per heavy atom. The molecule has 0 aliphatic heterocycles. The van der Waals surface area contributed by atoms with Gasteiger partial charge in [-0.2, -0.15) is 0 Å². The molecule has 0 saturated carbocycles. The second kappa shape index (κ2) is 6.19. The SMILES string of the molecule is CC(C)(CC(N)=O)NC(=O)C(N)CCC(=O)O. The number of hydrogen-bond acceptors (Lipinski definition) is 4. The predicted octanol–water partition coefficient (Wildman–Crippen LogP) is -1.05. The highest BCUT2D eigenvalue weighted by Gasteiger charge is 2.25. The van der Waals surface area contributed by atoms with Gasteiger partial charge in [0.1, 0.15) is 0 Å². The summed E-state index contributed by atoms with van der Waals surface area (Å²) in [5, 5.41) is 11.0. The molecule has 0 aromatic rings. The maximum absolute atomic E-state index is 11.6. The highest BCUT2D eigenvalue weighted by Crippen LogP contribution is 2.08. The van der Waals surface area contributed by atoms with E-state index in [9.17, 15) is 14.4 Å². The number of carbonyl (C=O) groups excluding carboxylic acids is 2. The minimum absolute atomic E-state index is 0.00953. The average molecular weight is 245 g/mol. The Morgan fingerprint density at radius 1 is 1.35 bits per heavy atom. The monoisotopic (exact) mass is 245 g/mol. The predicted molar refractivity (Wildman–Crippen MR) is 60.9 cm³/mol. The van der Waals surface area contributed by atoms with Gasteiger partial charge in [0.05, 0.1) is 6.04 Å². The van der Waals surface area contributed by atoms with Crippen LogP contribution in [0.4, 0.5) is 0 Å². The summed E-state index contributed by atoms with van der Waals surface area (Å²) in [4.78, 5) is 32.6. The van der Waals surface area contributed by atoms with Gasteiger partial charge >= 0.3 is 5.97 Å². The van der Waals surface area contributed by atoms with Crippen LogP contribution in [0.25, 0.3) is 0 Å². The van der Waals surface area contributed by atoms with E-state index in [1.165, 1.54) is 0 Å². The number of hydrogen-bond donors (Lipinski definition) is 4. The molecule has 98 valence electrons. The van der Waals surface area contributed by atoms with Gasteiger partial charge in [0, 0.05) is 18.4 Å². The van der Waals surface area contributed by atoms with Gasteiger partial charge in [0.15, 0.2) is 0 Å². The summed E-state index contributed by atoms with van der Waals surface area (Å²) in [6.45, 7) is 3.28. The summed E-state index contributed by atoms with van der Waals surface area (Å²) in [5.74, 6) is -2.03. The van der Waals surface area contributed by atoms with E-state index in [4.69, 9.17) is 16.6 Å². The second-order valence-corrected chi connectivity index (χ2v) is 4.56. The molecule has 7 nitrogen and oxygen atoms in total. The molecule has 0 fully saturated rings. The molecular weight excluding hydrogens is 226 g/mol. The standard InChI is InChI=1S/C10H19N3O4/c1-10(2,5-7(12)14)13-9(17)6(11)3-4-8(15)16/h6H,3-5,11H2,1-2H3,(H2,12,14)(H,13,17)(H,15,16). The lowest BCUT2D eigenvalue weighted by molar-refractivity contribution is -0.137. The molecule has 0 spiro atoms. The van der Waals surface area contributed by atoms with Crippen molar-refractivity contribution in [1.29, 1.82) is 0 Å². The van der Waals surface area contributed by atoms with Gasteiger partial charge in [0.2, 0.25) is 11.8 Å². The summed E-state index contributed by atoms with van der Waals surface area (Å²) in [6.07, 6.45) is -0.136. The summed E-state index contributed by atoms with van der Waals surface area (Å²) >= 11 is 0. The summed E-state index contributed by atoms with van der Waals surface area (Å²) < 4.78 is 0. The summed E-state index contributed by atoms with van der Waals surface area (Å²) in [7, 11) is 0. The van der Waals surface area contributed by atoms with Crippen molar-refractivity contribution in [2.75, 3.05) is 0 Å². The molecule has 7 heteroatoms. The van der Waals surface area contributed by atoms with Gasteiger partial charge in [-0.15, -0.1) is 0 Å². The highest BCUT2D eigenvalue weighted by atomic mass is 16.4. The first-order chi connectivity index (χ1) is 7.64. The molecule has 0 aromatic heterocycles. The van der Waals surface area contributed by atoms with Crippen LogP contribution in [0.1, 0.15) is 33.1 Å². The number of carbonyl (C=O) groups is 3. The number of rotatable bonds is 7. The quantitative estimate of drug-likeness (QED) is 0.453. The average Bonchev–Trinajstić information content (AvgIpc) is 2.10. The maximum Gasteiger partial charge on any atom is 0.303 e. The molecule has 0 saturated heterocycles. The lowest BCUT2D eigenvalue weighted by Crippen LogP contribution is -2.52. The fraction of sp³-hybridized carbons (Fsp3) is 0.700. The van der Waals surface area contributed by atoms with Crippen molar-refractivity contribution < 1.29 is 19.5 Å². The van der Waals surface area contributed by atoms with Crippen LogP contribution in [0, 0.1) is 0 Å². The van der Waals surface area contributed by atoms with E-state index in [1.54, 1.807) is 13.8 Å². The molecular formula is C10H19N3O4. The van der Waals surface area contributed by atoms with Gasteiger partial charge in [-0.05, 0) is 20.3 Å². The van der Waals surface area contributed by atoms with Crippen molar-refractivity contribution in [3.8, 4) is 0 Å². The molecule has 6 N–H and O–H groups in total. The minimum Gasteiger partial charge on any atom is -0.481 e. The van der Waals surface area contributed by atoms with Crippen molar-refractivity contribution in [3.63, 3.8) is 0 Å². The van der Waals surface area contributed by atoms with Gasteiger partial charge in [-0.3, -0.25) is 14.4 Å². The van der Waals surface area contributed by atoms with Gasteiger partial charge in [0.25, 0.3) is 0 Å². The number of carboxylic acids is 1. The molecule has 0 aliphatic carbocycles. The minimum atomic E-state index is -1.01. The Kier molecular flexibility index (Phi) is 5.60. The lowest BCUT2D eigenvalue weighted by atomic mass is 9.99. The van der Waals surface area contributed by atoms with Gasteiger partial charge < -0.3 is 21.9 Å². The van der Waals surface area contributed by atoms with Crippen LogP contribution < -0.4 is 16.8 Å². The van der Waals surface area contributed by atoms with Crippen LogP contribution in [0.2, 0.25) is 0 Å².